The van der Waals surface area contributed by atoms with E-state index >= 15 is 0 Å². The summed E-state index contributed by atoms with van der Waals surface area (Å²) in [5.41, 5.74) is 2.82. The second-order valence-corrected chi connectivity index (χ2v) is 6.36. The Kier molecular flexibility index (Phi) is 5.03. The predicted molar refractivity (Wildman–Crippen MR) is 82.6 cm³/mol. The molecule has 0 amide bonds. The van der Waals surface area contributed by atoms with Gasteiger partial charge in [-0.25, -0.2) is 4.57 Å². The number of aromatic nitrogens is 1. The van der Waals surface area contributed by atoms with Gasteiger partial charge >= 0.3 is 0 Å². The first kappa shape index (κ1) is 14.1. The number of benzene rings is 1. The van der Waals surface area contributed by atoms with E-state index in [1.54, 1.807) is 0 Å². The number of rotatable bonds is 5. The number of aryl methyl sites for hydroxylation is 2. The van der Waals surface area contributed by atoms with Gasteiger partial charge in [0.05, 0.1) is 0 Å². The summed E-state index contributed by atoms with van der Waals surface area (Å²) >= 11 is 1.93. The van der Waals surface area contributed by atoms with Crippen LogP contribution in [-0.4, -0.2) is 5.75 Å². The lowest BCUT2D eigenvalue weighted by molar-refractivity contribution is -0.671. The van der Waals surface area contributed by atoms with Gasteiger partial charge in [-0.2, -0.15) is 0 Å². The van der Waals surface area contributed by atoms with Gasteiger partial charge in [-0.05, 0) is 35.6 Å². The smallest absolute Gasteiger partial charge is 0.168 e. The van der Waals surface area contributed by atoms with E-state index < -0.39 is 0 Å². The lowest BCUT2D eigenvalue weighted by Gasteiger charge is -2.06. The molecule has 1 nitrogen and oxygen atoms in total. The first-order valence-electron chi connectivity index (χ1n) is 6.82. The molecule has 0 N–H and O–H groups in total. The number of thioether (sulfide) groups is 1. The van der Waals surface area contributed by atoms with Crippen LogP contribution in [0, 0.1) is 0 Å². The van der Waals surface area contributed by atoms with Gasteiger partial charge in [0.1, 0.15) is 7.05 Å². The molecule has 100 valence electrons. The van der Waals surface area contributed by atoms with Gasteiger partial charge in [-0.1, -0.05) is 26.0 Å². The third-order valence-electron chi connectivity index (χ3n) is 3.25. The Hall–Kier alpha value is -1.28. The van der Waals surface area contributed by atoms with E-state index in [9.17, 15) is 0 Å². The summed E-state index contributed by atoms with van der Waals surface area (Å²) in [6.45, 7) is 4.47. The summed E-state index contributed by atoms with van der Waals surface area (Å²) in [5.74, 6) is 1.75. The Balaban J connectivity index is 1.83. The highest BCUT2D eigenvalue weighted by atomic mass is 32.2. The Labute approximate surface area is 120 Å². The third-order valence-corrected chi connectivity index (χ3v) is 4.27. The molecule has 0 atom stereocenters. The molecule has 1 heterocycles. The van der Waals surface area contributed by atoms with Crippen LogP contribution in [0.25, 0.3) is 0 Å². The number of hydrogen-bond acceptors (Lipinski definition) is 1. The quantitative estimate of drug-likeness (QED) is 0.588. The number of nitrogens with zero attached hydrogens (tertiary/aromatic N) is 1. The summed E-state index contributed by atoms with van der Waals surface area (Å²) < 4.78 is 2.07. The summed E-state index contributed by atoms with van der Waals surface area (Å²) in [6, 6.07) is 13.4. The van der Waals surface area contributed by atoms with E-state index in [4.69, 9.17) is 0 Å². The standard InChI is InChI=1S/C17H22NS/c1-14(2)16-4-6-17(7-5-16)19-13-10-15-8-11-18(3)12-9-15/h4-9,11-12,14H,10,13H2,1-3H3/q+1. The van der Waals surface area contributed by atoms with Crippen molar-refractivity contribution in [2.45, 2.75) is 31.1 Å². The maximum Gasteiger partial charge on any atom is 0.168 e. The molecule has 0 saturated carbocycles. The van der Waals surface area contributed by atoms with E-state index in [0.29, 0.717) is 5.92 Å². The molecular formula is C17H22NS+. The number of pyridine rings is 1. The summed E-state index contributed by atoms with van der Waals surface area (Å²) in [4.78, 5) is 1.37. The molecular weight excluding hydrogens is 250 g/mol. The minimum Gasteiger partial charge on any atom is -0.208 e. The Bertz CT molecular complexity index is 500. The fraction of sp³-hybridized carbons (Fsp3) is 0.353. The van der Waals surface area contributed by atoms with Crippen LogP contribution in [0.2, 0.25) is 0 Å². The van der Waals surface area contributed by atoms with Gasteiger partial charge in [0.25, 0.3) is 0 Å². The first-order valence-corrected chi connectivity index (χ1v) is 7.80. The highest BCUT2D eigenvalue weighted by Crippen LogP contribution is 2.22. The summed E-state index contributed by atoms with van der Waals surface area (Å²) in [7, 11) is 2.05. The molecule has 0 radical (unpaired) electrons. The Morgan fingerprint density at radius 1 is 1.00 bits per heavy atom. The number of hydrogen-bond donors (Lipinski definition) is 0. The lowest BCUT2D eigenvalue weighted by Crippen LogP contribution is -2.25. The SMILES string of the molecule is CC(C)c1ccc(SCCc2cc[n+](C)cc2)cc1. The second kappa shape index (κ2) is 6.76. The van der Waals surface area contributed by atoms with Crippen molar-refractivity contribution in [1.82, 2.24) is 0 Å². The van der Waals surface area contributed by atoms with Crippen LogP contribution < -0.4 is 4.57 Å². The van der Waals surface area contributed by atoms with Crippen molar-refractivity contribution in [1.29, 1.82) is 0 Å². The minimum atomic E-state index is 0.615. The van der Waals surface area contributed by atoms with Crippen LogP contribution in [0.5, 0.6) is 0 Å². The van der Waals surface area contributed by atoms with Gasteiger partial charge < -0.3 is 0 Å². The van der Waals surface area contributed by atoms with Crippen molar-refractivity contribution >= 4 is 11.8 Å². The van der Waals surface area contributed by atoms with Crippen molar-refractivity contribution in [3.63, 3.8) is 0 Å². The van der Waals surface area contributed by atoms with Crippen LogP contribution in [0.3, 0.4) is 0 Å². The molecule has 19 heavy (non-hydrogen) atoms. The van der Waals surface area contributed by atoms with Crippen molar-refractivity contribution < 1.29 is 4.57 Å². The molecule has 0 unspecified atom stereocenters. The van der Waals surface area contributed by atoms with Crippen LogP contribution in [0.4, 0.5) is 0 Å². The molecule has 2 heteroatoms. The zero-order valence-corrected chi connectivity index (χ0v) is 12.8. The van der Waals surface area contributed by atoms with Gasteiger partial charge in [-0.15, -0.1) is 11.8 Å². The van der Waals surface area contributed by atoms with Crippen molar-refractivity contribution in [2.75, 3.05) is 5.75 Å². The fourth-order valence-electron chi connectivity index (χ4n) is 1.93. The van der Waals surface area contributed by atoms with Crippen LogP contribution in [0.15, 0.2) is 53.7 Å². The van der Waals surface area contributed by atoms with Gasteiger partial charge in [-0.3, -0.25) is 0 Å². The topological polar surface area (TPSA) is 3.88 Å². The molecule has 2 rings (SSSR count). The zero-order valence-electron chi connectivity index (χ0n) is 12.0. The van der Waals surface area contributed by atoms with Crippen LogP contribution in [-0.2, 0) is 13.5 Å². The predicted octanol–water partition coefficient (Wildman–Crippen LogP) is 3.97. The molecule has 1 aromatic heterocycles. The van der Waals surface area contributed by atoms with E-state index in [2.05, 4.69) is 74.3 Å². The minimum absolute atomic E-state index is 0.615. The largest absolute Gasteiger partial charge is 0.208 e. The molecule has 0 aliphatic heterocycles. The molecule has 2 aromatic rings. The lowest BCUT2D eigenvalue weighted by atomic mass is 10.0. The van der Waals surface area contributed by atoms with Gasteiger partial charge in [0, 0.05) is 22.8 Å². The molecule has 0 aliphatic carbocycles. The molecule has 1 aromatic carbocycles. The zero-order chi connectivity index (χ0) is 13.7. The van der Waals surface area contributed by atoms with Crippen LogP contribution >= 0.6 is 11.8 Å². The average molecular weight is 272 g/mol. The van der Waals surface area contributed by atoms with Crippen molar-refractivity contribution in [3.05, 3.63) is 59.9 Å². The third kappa shape index (κ3) is 4.39. The van der Waals surface area contributed by atoms with Gasteiger partial charge in [0.2, 0.25) is 0 Å². The monoisotopic (exact) mass is 272 g/mol. The second-order valence-electron chi connectivity index (χ2n) is 5.19. The van der Waals surface area contributed by atoms with Gasteiger partial charge in [0.15, 0.2) is 12.4 Å². The average Bonchev–Trinajstić information content (AvgIpc) is 2.41. The van der Waals surface area contributed by atoms with E-state index in [-0.39, 0.29) is 0 Å². The Morgan fingerprint density at radius 3 is 2.21 bits per heavy atom. The maximum atomic E-state index is 2.25. The molecule has 0 spiro atoms. The van der Waals surface area contributed by atoms with E-state index in [1.807, 2.05) is 11.8 Å². The van der Waals surface area contributed by atoms with Crippen molar-refractivity contribution in [2.24, 2.45) is 7.05 Å². The normalized spacial score (nSPS) is 10.9. The van der Waals surface area contributed by atoms with E-state index in [0.717, 1.165) is 12.2 Å². The fourth-order valence-corrected chi connectivity index (χ4v) is 2.84. The van der Waals surface area contributed by atoms with Crippen molar-refractivity contribution in [3.8, 4) is 0 Å². The Morgan fingerprint density at radius 2 is 1.63 bits per heavy atom. The highest BCUT2D eigenvalue weighted by molar-refractivity contribution is 7.99. The summed E-state index contributed by atoms with van der Waals surface area (Å²) in [6.07, 6.45) is 5.34. The summed E-state index contributed by atoms with van der Waals surface area (Å²) in [5, 5.41) is 0. The highest BCUT2D eigenvalue weighted by Gasteiger charge is 2.00. The first-order chi connectivity index (χ1) is 9.15. The van der Waals surface area contributed by atoms with E-state index in [1.165, 1.54) is 16.0 Å². The maximum absolute atomic E-state index is 2.25. The molecule has 0 bridgehead atoms. The molecule has 0 saturated heterocycles. The molecule has 0 fully saturated rings. The van der Waals surface area contributed by atoms with Crippen LogP contribution in [0.1, 0.15) is 30.9 Å². The molecule has 0 aliphatic rings.